The van der Waals surface area contributed by atoms with Gasteiger partial charge in [0.1, 0.15) is 34.9 Å². The number of imidazole rings is 2. The minimum atomic E-state index is -0.661. The van der Waals surface area contributed by atoms with Gasteiger partial charge in [0.2, 0.25) is 11.8 Å². The molecule has 4 amide bonds. The molecule has 2 aromatic carbocycles. The number of likely N-dealkylation sites (tertiary alicyclic amines) is 2. The summed E-state index contributed by atoms with van der Waals surface area (Å²) in [5.74, 6) is 8.70. The number of amides is 4. The number of rotatable bonds is 10. The number of carbonyl (C=O) groups excluding carboxylic acids is 4. The van der Waals surface area contributed by atoms with E-state index in [1.165, 1.54) is 0 Å². The van der Waals surface area contributed by atoms with Gasteiger partial charge in [-0.25, -0.2) is 19.6 Å². The van der Waals surface area contributed by atoms with Crippen molar-refractivity contribution in [2.45, 2.75) is 154 Å². The molecule has 4 heterocycles. The minimum Gasteiger partial charge on any atom is -0.444 e. The lowest BCUT2D eigenvalue weighted by Gasteiger charge is -2.33. The quantitative estimate of drug-likeness (QED) is 0.115. The summed E-state index contributed by atoms with van der Waals surface area (Å²) in [6, 6.07) is 10.0. The maximum Gasteiger partial charge on any atom is 0.408 e. The monoisotopic (exact) mass is 846 g/mol. The summed E-state index contributed by atoms with van der Waals surface area (Å²) >= 11 is 0. The predicted molar refractivity (Wildman–Crippen MR) is 236 cm³/mol. The van der Waals surface area contributed by atoms with E-state index in [9.17, 15) is 19.2 Å². The van der Waals surface area contributed by atoms with Crippen molar-refractivity contribution in [2.75, 3.05) is 13.1 Å². The number of nitrogens with one attached hydrogen (secondary N) is 4. The lowest BCUT2D eigenvalue weighted by Crippen LogP contribution is -2.50. The molecule has 14 heteroatoms. The Bertz CT molecular complexity index is 2210. The van der Waals surface area contributed by atoms with Gasteiger partial charge in [0.25, 0.3) is 0 Å². The molecule has 4 fully saturated rings. The predicted octanol–water partition coefficient (Wildman–Crippen LogP) is 8.33. The number of carbonyl (C=O) groups is 4. The van der Waals surface area contributed by atoms with Gasteiger partial charge in [0.15, 0.2) is 0 Å². The SMILES string of the molecule is CC(C)(C)OC(=O)N[C@@H](CC1CCC1)C(=O)N1CCC[C@H]1c1nc2cc(C#Cc3ccc4[nH]c([C@@H]5CCCN5C(=O)[C@H](CC5CCC5)NC(=O)OC(C)(C)C)nc4c3)ccc2[nH]1. The van der Waals surface area contributed by atoms with E-state index in [1.54, 1.807) is 0 Å². The standard InChI is InChI=1S/C48H62N8O6/c1-47(2,3)61-45(59)53-37(27-29-11-7-12-29)43(57)55-23-9-15-39(55)41-49-33-21-19-31(25-35(33)51-41)17-18-32-20-22-34-36(26-32)52-42(50-34)40-16-10-24-56(40)44(58)38(28-30-13-8-14-30)54-46(60)62-48(4,5)6/h19-22,25-26,29-30,37-40H,7-16,23-24,27-28H2,1-6H3,(H,49,51)(H,50,52)(H,53,59)(H,54,60)/t37-,38-,39-,40-/m0/s1. The fourth-order valence-electron chi connectivity index (χ4n) is 9.16. The van der Waals surface area contributed by atoms with E-state index >= 15 is 0 Å². The van der Waals surface area contributed by atoms with Gasteiger partial charge in [0.05, 0.1) is 34.2 Å². The molecule has 2 saturated heterocycles. The number of ether oxygens (including phenoxy) is 2. The zero-order valence-electron chi connectivity index (χ0n) is 37.1. The number of benzene rings is 2. The first-order chi connectivity index (χ1) is 29.5. The maximum absolute atomic E-state index is 14.1. The van der Waals surface area contributed by atoms with Crippen LogP contribution in [0.15, 0.2) is 36.4 Å². The summed E-state index contributed by atoms with van der Waals surface area (Å²) in [6.45, 7) is 12.1. The van der Waals surface area contributed by atoms with Crippen molar-refractivity contribution in [3.05, 3.63) is 59.2 Å². The number of alkyl carbamates (subject to hydrolysis) is 2. The second kappa shape index (κ2) is 17.7. The van der Waals surface area contributed by atoms with Crippen LogP contribution in [0.4, 0.5) is 9.59 Å². The third kappa shape index (κ3) is 10.2. The average molecular weight is 847 g/mol. The summed E-state index contributed by atoms with van der Waals surface area (Å²) in [4.78, 5) is 74.3. The van der Waals surface area contributed by atoms with Crippen LogP contribution in [-0.2, 0) is 19.1 Å². The van der Waals surface area contributed by atoms with Gasteiger partial charge >= 0.3 is 12.2 Å². The molecule has 4 aromatic rings. The molecule has 2 aliphatic carbocycles. The first-order valence-corrected chi connectivity index (χ1v) is 22.7. The highest BCUT2D eigenvalue weighted by atomic mass is 16.6. The van der Waals surface area contributed by atoms with Gasteiger partial charge in [-0.05, 0) is 128 Å². The molecule has 330 valence electrons. The topological polar surface area (TPSA) is 175 Å². The molecule has 4 N–H and O–H groups in total. The van der Waals surface area contributed by atoms with E-state index < -0.39 is 35.5 Å². The van der Waals surface area contributed by atoms with Gasteiger partial charge in [-0.3, -0.25) is 9.59 Å². The number of fused-ring (bicyclic) bond motifs is 2. The van der Waals surface area contributed by atoms with Crippen LogP contribution in [0.25, 0.3) is 22.1 Å². The van der Waals surface area contributed by atoms with Crippen molar-refractivity contribution >= 4 is 46.1 Å². The van der Waals surface area contributed by atoms with Gasteiger partial charge in [-0.15, -0.1) is 0 Å². The van der Waals surface area contributed by atoms with Gasteiger partial charge in [-0.1, -0.05) is 50.4 Å². The highest BCUT2D eigenvalue weighted by molar-refractivity contribution is 5.87. The van der Waals surface area contributed by atoms with Crippen molar-refractivity contribution in [1.29, 1.82) is 0 Å². The Hall–Kier alpha value is -5.58. The van der Waals surface area contributed by atoms with E-state index in [4.69, 9.17) is 19.4 Å². The number of aromatic nitrogens is 4. The van der Waals surface area contributed by atoms with Crippen molar-refractivity contribution in [3.8, 4) is 11.8 Å². The largest absolute Gasteiger partial charge is 0.444 e. The zero-order chi connectivity index (χ0) is 43.8. The second-order valence-corrected chi connectivity index (χ2v) is 19.8. The van der Waals surface area contributed by atoms with E-state index in [0.717, 1.165) is 109 Å². The molecule has 62 heavy (non-hydrogen) atoms. The van der Waals surface area contributed by atoms with E-state index in [0.29, 0.717) is 37.8 Å². The molecule has 4 aliphatic rings. The van der Waals surface area contributed by atoms with E-state index in [-0.39, 0.29) is 23.9 Å². The highest BCUT2D eigenvalue weighted by Gasteiger charge is 2.40. The van der Waals surface area contributed by atoms with Crippen LogP contribution in [-0.4, -0.2) is 90.1 Å². The third-order valence-electron chi connectivity index (χ3n) is 12.6. The number of aromatic amines is 2. The molecule has 0 radical (unpaired) electrons. The number of nitrogens with zero attached hydrogens (tertiary/aromatic N) is 4. The molecule has 14 nitrogen and oxygen atoms in total. The number of hydrogen-bond acceptors (Lipinski definition) is 8. The lowest BCUT2D eigenvalue weighted by molar-refractivity contribution is -0.135. The average Bonchev–Trinajstić information content (AvgIpc) is 3.98. The Morgan fingerprint density at radius 3 is 1.40 bits per heavy atom. The van der Waals surface area contributed by atoms with E-state index in [2.05, 4.69) is 32.4 Å². The van der Waals surface area contributed by atoms with Crippen LogP contribution in [0.1, 0.15) is 153 Å². The fraction of sp³-hybridized carbons (Fsp3) is 0.583. The lowest BCUT2D eigenvalue weighted by atomic mass is 9.80. The second-order valence-electron chi connectivity index (χ2n) is 19.8. The molecule has 0 unspecified atom stereocenters. The van der Waals surface area contributed by atoms with Gasteiger partial charge < -0.3 is 39.9 Å². The van der Waals surface area contributed by atoms with Crippen molar-refractivity contribution in [3.63, 3.8) is 0 Å². The molecule has 0 spiro atoms. The number of hydrogen-bond donors (Lipinski definition) is 4. The summed E-state index contributed by atoms with van der Waals surface area (Å²) < 4.78 is 11.1. The first-order valence-electron chi connectivity index (χ1n) is 22.7. The molecule has 8 rings (SSSR count). The molecular formula is C48H62N8O6. The summed E-state index contributed by atoms with van der Waals surface area (Å²) in [5, 5.41) is 5.80. The van der Waals surface area contributed by atoms with Crippen LogP contribution in [0.3, 0.4) is 0 Å². The van der Waals surface area contributed by atoms with Crippen LogP contribution in [0.5, 0.6) is 0 Å². The first kappa shape index (κ1) is 43.1. The van der Waals surface area contributed by atoms with Crippen molar-refractivity contribution < 1.29 is 28.7 Å². The molecule has 0 bridgehead atoms. The number of H-pyrrole nitrogens is 2. The molecule has 2 saturated carbocycles. The van der Waals surface area contributed by atoms with Crippen LogP contribution < -0.4 is 10.6 Å². The van der Waals surface area contributed by atoms with Gasteiger partial charge in [0, 0.05) is 24.2 Å². The van der Waals surface area contributed by atoms with Crippen LogP contribution in [0, 0.1) is 23.7 Å². The van der Waals surface area contributed by atoms with Gasteiger partial charge in [-0.2, -0.15) is 0 Å². The Labute approximate surface area is 364 Å². The third-order valence-corrected chi connectivity index (χ3v) is 12.6. The van der Waals surface area contributed by atoms with Crippen LogP contribution >= 0.6 is 0 Å². The summed E-state index contributed by atoms with van der Waals surface area (Å²) in [6.07, 6.45) is 9.90. The van der Waals surface area contributed by atoms with Crippen molar-refractivity contribution in [2.24, 2.45) is 11.8 Å². The minimum absolute atomic E-state index is 0.0900. The highest BCUT2D eigenvalue weighted by Crippen LogP contribution is 2.37. The smallest absolute Gasteiger partial charge is 0.408 e. The van der Waals surface area contributed by atoms with Crippen molar-refractivity contribution in [1.82, 2.24) is 40.4 Å². The Morgan fingerprint density at radius 2 is 1.05 bits per heavy atom. The van der Waals surface area contributed by atoms with E-state index in [1.807, 2.05) is 87.7 Å². The Morgan fingerprint density at radius 1 is 0.645 bits per heavy atom. The fourth-order valence-corrected chi connectivity index (χ4v) is 9.16. The van der Waals surface area contributed by atoms with Crippen LogP contribution in [0.2, 0.25) is 0 Å². The summed E-state index contributed by atoms with van der Waals surface area (Å²) in [7, 11) is 0. The Balaban J connectivity index is 0.947. The molecule has 2 aliphatic heterocycles. The summed E-state index contributed by atoms with van der Waals surface area (Å²) in [5.41, 5.74) is 3.54. The molecule has 2 aromatic heterocycles. The zero-order valence-corrected chi connectivity index (χ0v) is 37.1. The Kier molecular flexibility index (Phi) is 12.3. The normalized spacial score (nSPS) is 20.5. The molecule has 4 atom stereocenters. The maximum atomic E-state index is 14.1. The molecular weight excluding hydrogens is 785 g/mol.